The van der Waals surface area contributed by atoms with Crippen molar-refractivity contribution in [3.05, 3.63) is 63.5 Å². The van der Waals surface area contributed by atoms with Gasteiger partial charge in [0.1, 0.15) is 16.8 Å². The number of likely N-dealkylation sites (N-methyl/N-ethyl adjacent to an activating group) is 1. The van der Waals surface area contributed by atoms with Crippen molar-refractivity contribution >= 4 is 43.9 Å². The smallest absolute Gasteiger partial charge is 0.348 e. The van der Waals surface area contributed by atoms with Gasteiger partial charge in [0.2, 0.25) is 5.91 Å². The van der Waals surface area contributed by atoms with Crippen LogP contribution in [-0.4, -0.2) is 58.0 Å². The molecule has 170 valence electrons. The van der Waals surface area contributed by atoms with Gasteiger partial charge in [-0.25, -0.2) is 4.79 Å². The molecule has 2 aromatic carbocycles. The molecule has 33 heavy (non-hydrogen) atoms. The van der Waals surface area contributed by atoms with E-state index in [0.717, 1.165) is 46.0 Å². The van der Waals surface area contributed by atoms with Crippen LogP contribution in [-0.2, 0) is 11.3 Å². The first kappa shape index (κ1) is 21.9. The summed E-state index contributed by atoms with van der Waals surface area (Å²) in [4.78, 5) is 33.5. The summed E-state index contributed by atoms with van der Waals surface area (Å²) in [5, 5.41) is 0.881. The Morgan fingerprint density at radius 1 is 1.21 bits per heavy atom. The van der Waals surface area contributed by atoms with Gasteiger partial charge in [-0.05, 0) is 24.6 Å². The van der Waals surface area contributed by atoms with Gasteiger partial charge in [-0.3, -0.25) is 14.3 Å². The lowest BCUT2D eigenvalue weighted by Crippen LogP contribution is -2.38. The van der Waals surface area contributed by atoms with Crippen molar-refractivity contribution in [1.82, 2.24) is 19.4 Å². The molecule has 1 amide bonds. The molecule has 2 aromatic heterocycles. The van der Waals surface area contributed by atoms with E-state index in [1.807, 2.05) is 60.5 Å². The number of fused-ring (bicyclic) bond motifs is 3. The lowest BCUT2D eigenvalue weighted by atomic mass is 10.1. The molecule has 1 fully saturated rings. The number of hydrogen-bond donors (Lipinski definition) is 0. The molecule has 7 nitrogen and oxygen atoms in total. The van der Waals surface area contributed by atoms with Crippen LogP contribution < -0.4 is 5.69 Å². The number of amides is 1. The Morgan fingerprint density at radius 3 is 2.76 bits per heavy atom. The van der Waals surface area contributed by atoms with Crippen LogP contribution >= 0.6 is 15.9 Å². The Balaban J connectivity index is 1.55. The van der Waals surface area contributed by atoms with Gasteiger partial charge in [-0.2, -0.15) is 4.98 Å². The molecule has 1 unspecified atom stereocenters. The highest BCUT2D eigenvalue weighted by Crippen LogP contribution is 2.34. The summed E-state index contributed by atoms with van der Waals surface area (Å²) in [7, 11) is 1.85. The first-order chi connectivity index (χ1) is 15.9. The van der Waals surface area contributed by atoms with Gasteiger partial charge in [-0.15, -0.1) is 0 Å². The minimum absolute atomic E-state index is 0.0796. The molecule has 0 spiro atoms. The second kappa shape index (κ2) is 8.76. The highest BCUT2D eigenvalue weighted by atomic mass is 79.9. The Morgan fingerprint density at radius 2 is 2.00 bits per heavy atom. The largest absolute Gasteiger partial charge is 0.452 e. The fraction of sp³-hybridized carbons (Fsp3) is 0.320. The fourth-order valence-corrected chi connectivity index (χ4v) is 4.98. The molecular weight excluding hydrogens is 484 g/mol. The minimum Gasteiger partial charge on any atom is -0.452 e. The topological polar surface area (TPSA) is 71.6 Å². The third kappa shape index (κ3) is 4.09. The summed E-state index contributed by atoms with van der Waals surface area (Å²) >= 11 is 3.55. The minimum atomic E-state index is -0.291. The van der Waals surface area contributed by atoms with Gasteiger partial charge >= 0.3 is 5.69 Å². The van der Waals surface area contributed by atoms with Crippen LogP contribution in [0.5, 0.6) is 0 Å². The van der Waals surface area contributed by atoms with Gasteiger partial charge in [0.25, 0.3) is 0 Å². The monoisotopic (exact) mass is 508 g/mol. The molecule has 4 aromatic rings. The highest BCUT2D eigenvalue weighted by molar-refractivity contribution is 9.10. The Hall–Kier alpha value is -2.97. The quantitative estimate of drug-likeness (QED) is 0.405. The maximum Gasteiger partial charge on any atom is 0.348 e. The van der Waals surface area contributed by atoms with Gasteiger partial charge < -0.3 is 9.32 Å². The molecule has 0 radical (unpaired) electrons. The number of furan rings is 1. The van der Waals surface area contributed by atoms with Crippen LogP contribution in [0.2, 0.25) is 0 Å². The van der Waals surface area contributed by atoms with Crippen molar-refractivity contribution in [2.24, 2.45) is 0 Å². The van der Waals surface area contributed by atoms with E-state index in [2.05, 4.69) is 25.8 Å². The predicted molar refractivity (Wildman–Crippen MR) is 132 cm³/mol. The van der Waals surface area contributed by atoms with E-state index in [1.165, 1.54) is 0 Å². The molecule has 1 aliphatic heterocycles. The Labute approximate surface area is 199 Å². The fourth-order valence-electron chi connectivity index (χ4n) is 4.62. The summed E-state index contributed by atoms with van der Waals surface area (Å²) in [5.41, 5.74) is 3.21. The van der Waals surface area contributed by atoms with Crippen molar-refractivity contribution in [2.75, 3.05) is 26.7 Å². The zero-order valence-electron chi connectivity index (χ0n) is 18.6. The summed E-state index contributed by atoms with van der Waals surface area (Å²) in [6, 6.07) is 15.7. The van der Waals surface area contributed by atoms with Gasteiger partial charge in [0.15, 0.2) is 5.58 Å². The SMILES string of the molecule is CC(=O)N(C)C1CCN(CCn2c(=O)nc(-c3ccccc3)c3oc4ccc(Br)cc4c32)C1. The highest BCUT2D eigenvalue weighted by Gasteiger charge is 2.27. The third-order valence-corrected chi connectivity index (χ3v) is 7.02. The molecule has 1 aliphatic rings. The second-order valence-corrected chi connectivity index (χ2v) is 9.47. The molecule has 1 atom stereocenters. The number of nitrogens with zero attached hydrogens (tertiary/aromatic N) is 4. The molecule has 8 heteroatoms. The van der Waals surface area contributed by atoms with Crippen LogP contribution in [0.3, 0.4) is 0 Å². The third-order valence-electron chi connectivity index (χ3n) is 6.53. The second-order valence-electron chi connectivity index (χ2n) is 8.55. The van der Waals surface area contributed by atoms with Crippen LogP contribution in [0.25, 0.3) is 33.3 Å². The van der Waals surface area contributed by atoms with E-state index in [4.69, 9.17) is 4.42 Å². The first-order valence-electron chi connectivity index (χ1n) is 11.1. The zero-order chi connectivity index (χ0) is 23.1. The lowest BCUT2D eigenvalue weighted by Gasteiger charge is -2.23. The molecule has 3 heterocycles. The van der Waals surface area contributed by atoms with Crippen LogP contribution in [0.4, 0.5) is 0 Å². The van der Waals surface area contributed by atoms with Crippen LogP contribution in [0, 0.1) is 0 Å². The average molecular weight is 509 g/mol. The standard InChI is InChI=1S/C25H25BrN4O3/c1-16(31)28(2)19-10-11-29(15-19)12-13-30-23-20-14-18(26)8-9-21(20)33-24(23)22(27-25(30)32)17-6-4-3-5-7-17/h3-9,14,19H,10-13,15H2,1-2H3. The first-order valence-corrected chi connectivity index (χ1v) is 11.9. The molecule has 5 rings (SSSR count). The number of aromatic nitrogens is 2. The number of halogens is 1. The molecule has 0 aliphatic carbocycles. The predicted octanol–water partition coefficient (Wildman–Crippen LogP) is 4.12. The van der Waals surface area contributed by atoms with E-state index in [0.29, 0.717) is 24.4 Å². The summed E-state index contributed by atoms with van der Waals surface area (Å²) < 4.78 is 8.88. The number of benzene rings is 2. The lowest BCUT2D eigenvalue weighted by molar-refractivity contribution is -0.129. The number of carbonyl (C=O) groups is 1. The van der Waals surface area contributed by atoms with Crippen molar-refractivity contribution < 1.29 is 9.21 Å². The van der Waals surface area contributed by atoms with E-state index in [1.54, 1.807) is 11.5 Å². The average Bonchev–Trinajstić information content (AvgIpc) is 3.43. The maximum atomic E-state index is 13.2. The summed E-state index contributed by atoms with van der Waals surface area (Å²) in [6.07, 6.45) is 0.938. The molecule has 0 N–H and O–H groups in total. The van der Waals surface area contributed by atoms with Crippen LogP contribution in [0.15, 0.2) is 62.2 Å². The van der Waals surface area contributed by atoms with Crippen LogP contribution in [0.1, 0.15) is 13.3 Å². The molecular formula is C25H25BrN4O3. The van der Waals surface area contributed by atoms with E-state index < -0.39 is 0 Å². The summed E-state index contributed by atoms with van der Waals surface area (Å²) in [6.45, 7) is 4.50. The maximum absolute atomic E-state index is 13.2. The molecule has 0 bridgehead atoms. The Kier molecular flexibility index (Phi) is 5.80. The van der Waals surface area contributed by atoms with E-state index in [-0.39, 0.29) is 17.6 Å². The van der Waals surface area contributed by atoms with Crippen molar-refractivity contribution in [3.8, 4) is 11.3 Å². The zero-order valence-corrected chi connectivity index (χ0v) is 20.2. The van der Waals surface area contributed by atoms with Gasteiger partial charge in [0, 0.05) is 61.6 Å². The number of rotatable bonds is 5. The number of likely N-dealkylation sites (tertiary alicyclic amines) is 1. The van der Waals surface area contributed by atoms with E-state index in [9.17, 15) is 9.59 Å². The number of carbonyl (C=O) groups excluding carboxylic acids is 1. The van der Waals surface area contributed by atoms with Crippen molar-refractivity contribution in [3.63, 3.8) is 0 Å². The number of hydrogen-bond acceptors (Lipinski definition) is 5. The van der Waals surface area contributed by atoms with E-state index >= 15 is 0 Å². The van der Waals surface area contributed by atoms with Crippen molar-refractivity contribution in [1.29, 1.82) is 0 Å². The summed E-state index contributed by atoms with van der Waals surface area (Å²) in [5.74, 6) is 0.0796. The van der Waals surface area contributed by atoms with Gasteiger partial charge in [-0.1, -0.05) is 46.3 Å². The molecule has 0 saturated carbocycles. The van der Waals surface area contributed by atoms with Gasteiger partial charge in [0.05, 0.1) is 0 Å². The molecule has 1 saturated heterocycles. The normalized spacial score (nSPS) is 16.6. The Bertz CT molecular complexity index is 1400. The van der Waals surface area contributed by atoms with Crippen molar-refractivity contribution in [2.45, 2.75) is 25.9 Å².